The van der Waals surface area contributed by atoms with Crippen LogP contribution in [0.5, 0.6) is 0 Å². The van der Waals surface area contributed by atoms with Gasteiger partial charge in [0.15, 0.2) is 0 Å². The van der Waals surface area contributed by atoms with E-state index in [9.17, 15) is 9.59 Å². The number of aromatic amines is 1. The van der Waals surface area contributed by atoms with Crippen molar-refractivity contribution in [2.24, 2.45) is 0 Å². The van der Waals surface area contributed by atoms with Gasteiger partial charge in [0.25, 0.3) is 0 Å². The number of methoxy groups -OCH3 is 1. The largest absolute Gasteiger partial charge is 0.469 e. The Balaban J connectivity index is 1.58. The number of nitrogens with zero attached hydrogens (tertiary/aromatic N) is 2. The first kappa shape index (κ1) is 16.7. The summed E-state index contributed by atoms with van der Waals surface area (Å²) >= 11 is 0. The number of amides is 2. The molecule has 1 unspecified atom stereocenters. The molecular weight excluding hydrogens is 330 g/mol. The van der Waals surface area contributed by atoms with Crippen LogP contribution in [0.15, 0.2) is 36.0 Å². The summed E-state index contributed by atoms with van der Waals surface area (Å²) in [6.07, 6.45) is 3.77. The number of hydrogen-bond donors (Lipinski definition) is 1. The molecule has 3 heterocycles. The maximum absolute atomic E-state index is 13.0. The molecule has 1 aromatic carbocycles. The Bertz CT molecular complexity index is 899. The zero-order chi connectivity index (χ0) is 18.3. The first-order chi connectivity index (χ1) is 12.6. The third-order valence-electron chi connectivity index (χ3n) is 5.42. The van der Waals surface area contributed by atoms with E-state index in [0.717, 1.165) is 23.3 Å². The molecule has 1 N–H and O–H groups in total. The molecule has 4 rings (SSSR count). The molecule has 1 fully saturated rings. The normalized spacial score (nSPS) is 20.6. The van der Waals surface area contributed by atoms with Crippen molar-refractivity contribution in [1.29, 1.82) is 0 Å². The third-order valence-corrected chi connectivity index (χ3v) is 5.42. The fourth-order valence-corrected chi connectivity index (χ4v) is 4.18. The highest BCUT2D eigenvalue weighted by atomic mass is 16.5. The molecule has 1 atom stereocenters. The summed E-state index contributed by atoms with van der Waals surface area (Å²) in [6.45, 7) is 3.11. The molecule has 0 saturated carbocycles. The second-order valence-electron chi connectivity index (χ2n) is 6.80. The van der Waals surface area contributed by atoms with Gasteiger partial charge >= 0.3 is 12.0 Å². The van der Waals surface area contributed by atoms with E-state index in [1.54, 1.807) is 0 Å². The van der Waals surface area contributed by atoms with E-state index in [0.29, 0.717) is 25.9 Å². The monoisotopic (exact) mass is 353 g/mol. The first-order valence-electron chi connectivity index (χ1n) is 9.03. The van der Waals surface area contributed by atoms with Crippen molar-refractivity contribution in [2.75, 3.05) is 13.7 Å². The highest BCUT2D eigenvalue weighted by Gasteiger charge is 2.44. The number of carbonyl (C=O) groups is 2. The lowest BCUT2D eigenvalue weighted by atomic mass is 9.96. The summed E-state index contributed by atoms with van der Waals surface area (Å²) in [5, 5.41) is 1.24. The molecule has 2 aromatic rings. The average Bonchev–Trinajstić information content (AvgIpc) is 3.15. The fraction of sp³-hybridized carbons (Fsp3) is 0.400. The van der Waals surface area contributed by atoms with E-state index in [4.69, 9.17) is 4.74 Å². The lowest BCUT2D eigenvalue weighted by Gasteiger charge is -2.28. The van der Waals surface area contributed by atoms with Crippen molar-refractivity contribution in [1.82, 2.24) is 14.8 Å². The predicted octanol–water partition coefficient (Wildman–Crippen LogP) is 3.19. The molecule has 1 saturated heterocycles. The van der Waals surface area contributed by atoms with Crippen molar-refractivity contribution >= 4 is 22.9 Å². The van der Waals surface area contributed by atoms with Crippen molar-refractivity contribution < 1.29 is 14.3 Å². The number of hydrogen-bond acceptors (Lipinski definition) is 3. The zero-order valence-corrected chi connectivity index (χ0v) is 15.1. The highest BCUT2D eigenvalue weighted by Crippen LogP contribution is 2.38. The third kappa shape index (κ3) is 2.57. The van der Waals surface area contributed by atoms with E-state index in [1.165, 1.54) is 18.1 Å². The van der Waals surface area contributed by atoms with Crippen molar-refractivity contribution in [3.05, 3.63) is 47.3 Å². The number of nitrogens with one attached hydrogen (secondary N) is 1. The number of para-hydroxylation sites is 1. The Morgan fingerprint density at radius 1 is 1.38 bits per heavy atom. The Hall–Kier alpha value is -2.76. The van der Waals surface area contributed by atoms with E-state index >= 15 is 0 Å². The number of ether oxygens (including phenoxy) is 1. The number of carbonyl (C=O) groups excluding carboxylic acids is 2. The number of fused-ring (bicyclic) bond motifs is 4. The van der Waals surface area contributed by atoms with Crippen LogP contribution in [0, 0.1) is 0 Å². The molecule has 136 valence electrons. The predicted molar refractivity (Wildman–Crippen MR) is 98.4 cm³/mol. The minimum atomic E-state index is -0.238. The molecule has 6 heteroatoms. The molecular formula is C20H23N3O3. The smallest absolute Gasteiger partial charge is 0.325 e. The summed E-state index contributed by atoms with van der Waals surface area (Å²) in [4.78, 5) is 31.5. The number of urea groups is 1. The zero-order valence-electron chi connectivity index (χ0n) is 15.1. The minimum Gasteiger partial charge on any atom is -0.469 e. The number of benzene rings is 1. The van der Waals surface area contributed by atoms with Crippen molar-refractivity contribution in [3.63, 3.8) is 0 Å². The summed E-state index contributed by atoms with van der Waals surface area (Å²) in [7, 11) is 1.39. The van der Waals surface area contributed by atoms with Crippen LogP contribution in [-0.4, -0.2) is 46.5 Å². The summed E-state index contributed by atoms with van der Waals surface area (Å²) in [6, 6.07) is 8.39. The molecule has 0 aliphatic carbocycles. The van der Waals surface area contributed by atoms with Gasteiger partial charge in [0.1, 0.15) is 0 Å². The average molecular weight is 353 g/mol. The second kappa shape index (κ2) is 6.52. The van der Waals surface area contributed by atoms with Crippen LogP contribution in [0.25, 0.3) is 10.9 Å². The van der Waals surface area contributed by atoms with Gasteiger partial charge in [-0.15, -0.1) is 0 Å². The first-order valence-corrected chi connectivity index (χ1v) is 9.03. The quantitative estimate of drug-likeness (QED) is 0.859. The summed E-state index contributed by atoms with van der Waals surface area (Å²) in [5.74, 6) is -0.238. The molecule has 2 aliphatic heterocycles. The minimum absolute atomic E-state index is 0.0253. The molecule has 0 bridgehead atoms. The Morgan fingerprint density at radius 2 is 2.19 bits per heavy atom. The van der Waals surface area contributed by atoms with Gasteiger partial charge in [-0.1, -0.05) is 24.3 Å². The summed E-state index contributed by atoms with van der Waals surface area (Å²) < 4.78 is 4.69. The van der Waals surface area contributed by atoms with Crippen LogP contribution >= 0.6 is 0 Å². The molecule has 2 amide bonds. The van der Waals surface area contributed by atoms with Crippen LogP contribution in [0.1, 0.15) is 31.0 Å². The Labute approximate surface area is 152 Å². The van der Waals surface area contributed by atoms with Gasteiger partial charge in [0, 0.05) is 41.7 Å². The fourth-order valence-electron chi connectivity index (χ4n) is 4.18. The maximum Gasteiger partial charge on any atom is 0.325 e. The van der Waals surface area contributed by atoms with E-state index in [-0.39, 0.29) is 18.0 Å². The van der Waals surface area contributed by atoms with Crippen LogP contribution in [-0.2, 0) is 22.5 Å². The van der Waals surface area contributed by atoms with Gasteiger partial charge in [-0.3, -0.25) is 9.69 Å². The van der Waals surface area contributed by atoms with Crippen LogP contribution in [0.4, 0.5) is 4.79 Å². The number of rotatable bonds is 4. The number of esters is 1. The Morgan fingerprint density at radius 3 is 2.96 bits per heavy atom. The second-order valence-corrected chi connectivity index (χ2v) is 6.80. The maximum atomic E-state index is 13.0. The van der Waals surface area contributed by atoms with Gasteiger partial charge in [-0.25, -0.2) is 4.79 Å². The van der Waals surface area contributed by atoms with Gasteiger partial charge in [0.2, 0.25) is 0 Å². The number of allylic oxidation sites excluding steroid dienone is 1. The summed E-state index contributed by atoms with van der Waals surface area (Å²) in [5.41, 5.74) is 4.60. The Kier molecular flexibility index (Phi) is 4.18. The molecule has 6 nitrogen and oxygen atoms in total. The topological polar surface area (TPSA) is 65.6 Å². The highest BCUT2D eigenvalue weighted by molar-refractivity contribution is 5.87. The van der Waals surface area contributed by atoms with E-state index < -0.39 is 0 Å². The van der Waals surface area contributed by atoms with Gasteiger partial charge in [0.05, 0.1) is 19.7 Å². The lowest BCUT2D eigenvalue weighted by Crippen LogP contribution is -2.38. The lowest BCUT2D eigenvalue weighted by molar-refractivity contribution is -0.140. The van der Waals surface area contributed by atoms with E-state index in [1.807, 2.05) is 28.9 Å². The van der Waals surface area contributed by atoms with Crippen molar-refractivity contribution in [3.8, 4) is 0 Å². The van der Waals surface area contributed by atoms with Gasteiger partial charge in [-0.2, -0.15) is 0 Å². The van der Waals surface area contributed by atoms with Crippen molar-refractivity contribution in [2.45, 2.75) is 38.8 Å². The molecule has 0 spiro atoms. The van der Waals surface area contributed by atoms with Gasteiger partial charge < -0.3 is 14.6 Å². The van der Waals surface area contributed by atoms with Crippen LogP contribution < -0.4 is 0 Å². The van der Waals surface area contributed by atoms with Crippen LogP contribution in [0.2, 0.25) is 0 Å². The van der Waals surface area contributed by atoms with Gasteiger partial charge in [-0.05, 0) is 25.0 Å². The standard InChI is InChI=1S/C20H23N3O3/c1-3-17-18-11-14-13-7-4-5-8-15(13)21-16(14)12-23(18)20(25)22(17)10-6-9-19(24)26-2/h3-5,7-8,18,21H,6,9-12H2,1-2H3. The number of H-pyrrole nitrogens is 1. The molecule has 0 radical (unpaired) electrons. The van der Waals surface area contributed by atoms with E-state index in [2.05, 4.69) is 23.2 Å². The SMILES string of the molecule is CC=C1C2Cc3c([nH]c4ccccc34)CN2C(=O)N1CCCC(=O)OC. The molecule has 1 aromatic heterocycles. The van der Waals surface area contributed by atoms with Crippen LogP contribution in [0.3, 0.4) is 0 Å². The number of aromatic nitrogens is 1. The molecule has 26 heavy (non-hydrogen) atoms. The molecule has 2 aliphatic rings.